The lowest BCUT2D eigenvalue weighted by molar-refractivity contribution is -0.140. The van der Waals surface area contributed by atoms with Crippen LogP contribution in [0.3, 0.4) is 0 Å². The molecule has 0 spiro atoms. The standard InChI is InChI=1S/C15H19F4N3O2/c1-13(2,20)8-22(3)12(23)24-14(4-5-14)11-6-9(15(17,18)19)10(16)7-21-11/h6-7H,4-5,8,20H2,1-3H3. The molecule has 1 heterocycles. The molecule has 1 aromatic heterocycles. The van der Waals surface area contributed by atoms with Gasteiger partial charge in [-0.05, 0) is 32.8 Å². The minimum Gasteiger partial charge on any atom is -0.436 e. The number of nitrogens with zero attached hydrogens (tertiary/aromatic N) is 2. The minimum absolute atomic E-state index is 0.106. The summed E-state index contributed by atoms with van der Waals surface area (Å²) < 4.78 is 57.1. The summed E-state index contributed by atoms with van der Waals surface area (Å²) in [7, 11) is 1.48. The van der Waals surface area contributed by atoms with Crippen LogP contribution in [0.15, 0.2) is 12.3 Å². The van der Waals surface area contributed by atoms with Crippen LogP contribution >= 0.6 is 0 Å². The van der Waals surface area contributed by atoms with E-state index in [0.29, 0.717) is 25.1 Å². The van der Waals surface area contributed by atoms with Crippen molar-refractivity contribution in [3.63, 3.8) is 0 Å². The molecule has 0 aromatic carbocycles. The van der Waals surface area contributed by atoms with Crippen LogP contribution in [-0.4, -0.2) is 35.1 Å². The smallest absolute Gasteiger partial charge is 0.419 e. The highest BCUT2D eigenvalue weighted by Crippen LogP contribution is 2.49. The second kappa shape index (κ2) is 5.87. The van der Waals surface area contributed by atoms with E-state index in [-0.39, 0.29) is 12.2 Å². The zero-order chi connectivity index (χ0) is 18.3. The molecule has 2 rings (SSSR count). The summed E-state index contributed by atoms with van der Waals surface area (Å²) in [6, 6.07) is 0.600. The van der Waals surface area contributed by atoms with Crippen LogP contribution in [0.1, 0.15) is 37.9 Å². The van der Waals surface area contributed by atoms with Crippen molar-refractivity contribution >= 4 is 6.09 Å². The number of rotatable bonds is 4. The first-order valence-electron chi connectivity index (χ1n) is 7.30. The number of hydrogen-bond donors (Lipinski definition) is 1. The molecule has 1 aromatic rings. The van der Waals surface area contributed by atoms with Gasteiger partial charge in [0.1, 0.15) is 0 Å². The fourth-order valence-electron chi connectivity index (χ4n) is 2.35. The average molecular weight is 349 g/mol. The van der Waals surface area contributed by atoms with Crippen LogP contribution in [0, 0.1) is 5.82 Å². The van der Waals surface area contributed by atoms with Gasteiger partial charge >= 0.3 is 12.3 Å². The van der Waals surface area contributed by atoms with E-state index in [1.54, 1.807) is 13.8 Å². The molecule has 2 N–H and O–H groups in total. The summed E-state index contributed by atoms with van der Waals surface area (Å²) in [5.74, 6) is -1.46. The SMILES string of the molecule is CN(CC(C)(C)N)C(=O)OC1(c2cc(C(F)(F)F)c(F)cn2)CC1. The Hall–Kier alpha value is -1.90. The maximum Gasteiger partial charge on any atom is 0.419 e. The average Bonchev–Trinajstić information content (AvgIpc) is 3.16. The molecule has 1 saturated carbocycles. The molecule has 0 atom stereocenters. The zero-order valence-corrected chi connectivity index (χ0v) is 13.6. The van der Waals surface area contributed by atoms with Gasteiger partial charge in [-0.15, -0.1) is 0 Å². The number of carbonyl (C=O) groups excluding carboxylic acids is 1. The van der Waals surface area contributed by atoms with Crippen molar-refractivity contribution in [2.75, 3.05) is 13.6 Å². The van der Waals surface area contributed by atoms with Crippen molar-refractivity contribution < 1.29 is 27.1 Å². The predicted molar refractivity (Wildman–Crippen MR) is 77.5 cm³/mol. The lowest BCUT2D eigenvalue weighted by atomic mass is 10.1. The molecule has 1 fully saturated rings. The lowest BCUT2D eigenvalue weighted by Gasteiger charge is -2.28. The summed E-state index contributed by atoms with van der Waals surface area (Å²) in [6.45, 7) is 3.65. The second-order valence-corrected chi connectivity index (χ2v) is 6.75. The summed E-state index contributed by atoms with van der Waals surface area (Å²) in [6.07, 6.45) is -4.41. The van der Waals surface area contributed by atoms with Gasteiger partial charge in [-0.2, -0.15) is 13.2 Å². The van der Waals surface area contributed by atoms with Gasteiger partial charge in [-0.25, -0.2) is 9.18 Å². The van der Waals surface area contributed by atoms with E-state index in [1.165, 1.54) is 11.9 Å². The van der Waals surface area contributed by atoms with Crippen LogP contribution < -0.4 is 5.73 Å². The second-order valence-electron chi connectivity index (χ2n) is 6.75. The molecule has 1 aliphatic carbocycles. The lowest BCUT2D eigenvalue weighted by Crippen LogP contribution is -2.46. The first kappa shape index (κ1) is 18.4. The number of nitrogens with two attached hydrogens (primary N) is 1. The molecule has 9 heteroatoms. The molecule has 0 bridgehead atoms. The van der Waals surface area contributed by atoms with E-state index in [0.717, 1.165) is 0 Å². The van der Waals surface area contributed by atoms with Crippen molar-refractivity contribution in [3.8, 4) is 0 Å². The van der Waals surface area contributed by atoms with Gasteiger partial charge in [0, 0.05) is 19.1 Å². The third-order valence-electron chi connectivity index (χ3n) is 3.57. The number of aromatic nitrogens is 1. The molecular weight excluding hydrogens is 330 g/mol. The molecule has 0 aliphatic heterocycles. The highest BCUT2D eigenvalue weighted by Gasteiger charge is 2.51. The largest absolute Gasteiger partial charge is 0.436 e. The number of carbonyl (C=O) groups is 1. The quantitative estimate of drug-likeness (QED) is 0.849. The van der Waals surface area contributed by atoms with Crippen molar-refractivity contribution in [2.45, 2.75) is 44.0 Å². The number of alkyl halides is 3. The van der Waals surface area contributed by atoms with E-state index in [4.69, 9.17) is 10.5 Å². The van der Waals surface area contributed by atoms with E-state index in [1.807, 2.05) is 0 Å². The van der Waals surface area contributed by atoms with Gasteiger partial charge in [0.05, 0.1) is 17.5 Å². The van der Waals surface area contributed by atoms with Crippen molar-refractivity contribution in [1.29, 1.82) is 0 Å². The van der Waals surface area contributed by atoms with Crippen molar-refractivity contribution in [2.24, 2.45) is 5.73 Å². The predicted octanol–water partition coefficient (Wildman–Crippen LogP) is 3.03. The monoisotopic (exact) mass is 349 g/mol. The van der Waals surface area contributed by atoms with Crippen LogP contribution in [0.25, 0.3) is 0 Å². The van der Waals surface area contributed by atoms with Crippen LogP contribution in [0.2, 0.25) is 0 Å². The fraction of sp³-hybridized carbons (Fsp3) is 0.600. The topological polar surface area (TPSA) is 68.5 Å². The Kier molecular flexibility index (Phi) is 4.51. The summed E-state index contributed by atoms with van der Waals surface area (Å²) in [4.78, 5) is 17.0. The van der Waals surface area contributed by atoms with Crippen molar-refractivity contribution in [1.82, 2.24) is 9.88 Å². The molecule has 5 nitrogen and oxygen atoms in total. The molecule has 24 heavy (non-hydrogen) atoms. The Bertz CT molecular complexity index is 637. The summed E-state index contributed by atoms with van der Waals surface area (Å²) in [5, 5.41) is 0. The number of pyridine rings is 1. The molecule has 1 aliphatic rings. The Morgan fingerprint density at radius 2 is 2.00 bits per heavy atom. The number of likely N-dealkylation sites (N-methyl/N-ethyl adjacent to an activating group) is 1. The first-order valence-corrected chi connectivity index (χ1v) is 7.30. The molecular formula is C15H19F4N3O2. The molecule has 134 valence electrons. The Labute approximate surface area is 136 Å². The van der Waals surface area contributed by atoms with Gasteiger partial charge in [-0.1, -0.05) is 0 Å². The third-order valence-corrected chi connectivity index (χ3v) is 3.57. The zero-order valence-electron chi connectivity index (χ0n) is 13.6. The highest BCUT2D eigenvalue weighted by molar-refractivity contribution is 5.68. The third kappa shape index (κ3) is 4.14. The number of amides is 1. The summed E-state index contributed by atoms with van der Waals surface area (Å²) in [5.41, 5.74) is 2.40. The van der Waals surface area contributed by atoms with E-state index >= 15 is 0 Å². The maximum atomic E-state index is 13.3. The highest BCUT2D eigenvalue weighted by atomic mass is 19.4. The minimum atomic E-state index is -4.85. The normalized spacial score (nSPS) is 16.7. The van der Waals surface area contributed by atoms with E-state index in [2.05, 4.69) is 4.98 Å². The molecule has 0 unspecified atom stereocenters. The molecule has 1 amide bonds. The first-order chi connectivity index (χ1) is 10.8. The Morgan fingerprint density at radius 3 is 2.46 bits per heavy atom. The van der Waals surface area contributed by atoms with Crippen LogP contribution in [0.4, 0.5) is 22.4 Å². The van der Waals surface area contributed by atoms with Gasteiger partial charge < -0.3 is 15.4 Å². The van der Waals surface area contributed by atoms with Gasteiger partial charge in [0.15, 0.2) is 11.4 Å². The van der Waals surface area contributed by atoms with Gasteiger partial charge in [0.25, 0.3) is 0 Å². The number of ether oxygens (including phenoxy) is 1. The summed E-state index contributed by atoms with van der Waals surface area (Å²) >= 11 is 0. The van der Waals surface area contributed by atoms with Crippen LogP contribution in [-0.2, 0) is 16.5 Å². The van der Waals surface area contributed by atoms with Gasteiger partial charge in [0.2, 0.25) is 0 Å². The number of halogens is 4. The molecule has 0 radical (unpaired) electrons. The Morgan fingerprint density at radius 1 is 1.42 bits per heavy atom. The Balaban J connectivity index is 2.19. The van der Waals surface area contributed by atoms with Crippen molar-refractivity contribution in [3.05, 3.63) is 29.3 Å². The number of hydrogen-bond acceptors (Lipinski definition) is 4. The molecule has 0 saturated heterocycles. The van der Waals surface area contributed by atoms with E-state index in [9.17, 15) is 22.4 Å². The fourth-order valence-corrected chi connectivity index (χ4v) is 2.35. The maximum absolute atomic E-state index is 13.3. The van der Waals surface area contributed by atoms with Gasteiger partial charge in [-0.3, -0.25) is 4.98 Å². The van der Waals surface area contributed by atoms with Crippen LogP contribution in [0.5, 0.6) is 0 Å². The van der Waals surface area contributed by atoms with E-state index < -0.39 is 34.8 Å².